The molecule has 2 amide bonds. The lowest BCUT2D eigenvalue weighted by atomic mass is 9.93. The Kier molecular flexibility index (Phi) is 10.5. The van der Waals surface area contributed by atoms with E-state index in [4.69, 9.17) is 15.7 Å². The van der Waals surface area contributed by atoms with Crippen LogP contribution in [0.5, 0.6) is 0 Å². The van der Waals surface area contributed by atoms with E-state index < -0.39 is 12.3 Å². The highest BCUT2D eigenvalue weighted by Crippen LogP contribution is 2.30. The molecule has 0 saturated heterocycles. The van der Waals surface area contributed by atoms with Gasteiger partial charge in [0.25, 0.3) is 0 Å². The first kappa shape index (κ1) is 31.7. The molecule has 11 nitrogen and oxygen atoms in total. The summed E-state index contributed by atoms with van der Waals surface area (Å²) in [4.78, 5) is 17.0. The Labute approximate surface area is 253 Å². The van der Waals surface area contributed by atoms with Crippen molar-refractivity contribution >= 4 is 40.8 Å². The minimum absolute atomic E-state index is 0.107. The van der Waals surface area contributed by atoms with Gasteiger partial charge in [0.1, 0.15) is 17.8 Å². The van der Waals surface area contributed by atoms with Crippen molar-refractivity contribution in [2.24, 2.45) is 0 Å². The van der Waals surface area contributed by atoms with Crippen LogP contribution in [0.4, 0.5) is 27.8 Å². The van der Waals surface area contributed by atoms with Gasteiger partial charge in [-0.05, 0) is 51.2 Å². The molecule has 2 atom stereocenters. The third-order valence-corrected chi connectivity index (χ3v) is 7.31. The summed E-state index contributed by atoms with van der Waals surface area (Å²) in [5, 5.41) is 35.5. The normalized spacial score (nSPS) is 19.2. The van der Waals surface area contributed by atoms with E-state index in [0.717, 1.165) is 49.8 Å². The Balaban J connectivity index is 1.50. The van der Waals surface area contributed by atoms with Crippen LogP contribution in [0, 0.1) is 5.41 Å². The van der Waals surface area contributed by atoms with Gasteiger partial charge in [0, 0.05) is 47.1 Å². The van der Waals surface area contributed by atoms with Gasteiger partial charge in [0.15, 0.2) is 5.82 Å². The van der Waals surface area contributed by atoms with Gasteiger partial charge in [-0.15, -0.1) is 0 Å². The number of rotatable bonds is 4. The molecule has 4 rings (SSSR count). The Morgan fingerprint density at radius 1 is 1.14 bits per heavy atom. The zero-order valence-electron chi connectivity index (χ0n) is 25.5. The van der Waals surface area contributed by atoms with Gasteiger partial charge in [-0.2, -0.15) is 0 Å². The summed E-state index contributed by atoms with van der Waals surface area (Å²) in [6.07, 6.45) is 10.8. The summed E-state index contributed by atoms with van der Waals surface area (Å²) in [6, 6.07) is 8.34. The average molecular weight is 589 g/mol. The van der Waals surface area contributed by atoms with Crippen molar-refractivity contribution in [2.75, 3.05) is 28.2 Å². The van der Waals surface area contributed by atoms with Crippen molar-refractivity contribution in [1.82, 2.24) is 15.5 Å². The molecule has 11 heteroatoms. The summed E-state index contributed by atoms with van der Waals surface area (Å²) >= 11 is 0. The maximum absolute atomic E-state index is 12.5. The standard InChI is InChI=1S/C32H44N8O3/c1-20-16-17-35-29-22(10-8-6-5-7-9-11-26(41)37-20)19-36-30(34)27(29)28(33)21-12-14-23(15-13-21)38-31(42)39-25-18-24(43-40-25)32(2,3)4/h8,10,12-15,18-20,26,33,35,37,41H,5-7,9,11,16-17H2,1-4H3,(H2,34,36)(H2,38,39,40,42)/b10-8+,33-28?/t20-,26?/m1/s1. The maximum atomic E-state index is 12.5. The summed E-state index contributed by atoms with van der Waals surface area (Å²) in [5.41, 5.74) is 9.67. The molecule has 1 aromatic carbocycles. The number of aliphatic hydroxyl groups is 1. The van der Waals surface area contributed by atoms with E-state index in [1.54, 1.807) is 36.5 Å². The van der Waals surface area contributed by atoms with Crippen LogP contribution in [0.2, 0.25) is 0 Å². The zero-order chi connectivity index (χ0) is 31.0. The van der Waals surface area contributed by atoms with Crippen molar-refractivity contribution < 1.29 is 14.4 Å². The minimum Gasteiger partial charge on any atom is -0.384 e. The number of pyridine rings is 1. The van der Waals surface area contributed by atoms with Gasteiger partial charge in [-0.3, -0.25) is 16.0 Å². The predicted molar refractivity (Wildman–Crippen MR) is 173 cm³/mol. The smallest absolute Gasteiger partial charge is 0.324 e. The number of carbonyl (C=O) groups excluding carboxylic acids is 1. The summed E-state index contributed by atoms with van der Waals surface area (Å²) in [5.74, 6) is 1.25. The zero-order valence-corrected chi connectivity index (χ0v) is 25.5. The molecule has 0 aliphatic carbocycles. The van der Waals surface area contributed by atoms with E-state index in [0.29, 0.717) is 34.9 Å². The van der Waals surface area contributed by atoms with E-state index >= 15 is 0 Å². The fourth-order valence-corrected chi connectivity index (χ4v) is 4.84. The lowest BCUT2D eigenvalue weighted by Crippen LogP contribution is -2.37. The number of amides is 2. The third kappa shape index (κ3) is 8.89. The summed E-state index contributed by atoms with van der Waals surface area (Å²) in [7, 11) is 0. The van der Waals surface area contributed by atoms with E-state index in [2.05, 4.69) is 44.4 Å². The number of aromatic nitrogens is 2. The molecule has 0 fully saturated rings. The molecule has 43 heavy (non-hydrogen) atoms. The Bertz CT molecular complexity index is 1430. The highest BCUT2D eigenvalue weighted by atomic mass is 16.5. The number of urea groups is 1. The Morgan fingerprint density at radius 3 is 2.63 bits per heavy atom. The average Bonchev–Trinajstić information content (AvgIpc) is 3.42. The molecule has 1 unspecified atom stereocenters. The first-order chi connectivity index (χ1) is 20.5. The number of hydrogen-bond donors (Lipinski definition) is 7. The lowest BCUT2D eigenvalue weighted by molar-refractivity contribution is 0.111. The minimum atomic E-state index is -0.515. The molecule has 1 aliphatic rings. The van der Waals surface area contributed by atoms with E-state index in [1.165, 1.54) is 0 Å². The second kappa shape index (κ2) is 14.3. The number of anilines is 4. The number of nitrogen functional groups attached to an aromatic ring is 1. The molecule has 0 saturated carbocycles. The van der Waals surface area contributed by atoms with Crippen LogP contribution in [0.3, 0.4) is 0 Å². The molecule has 3 aromatic rings. The number of nitrogens with one attached hydrogen (secondary N) is 5. The molecule has 230 valence electrons. The lowest BCUT2D eigenvalue weighted by Gasteiger charge is -2.21. The molecule has 0 radical (unpaired) electrons. The second-order valence-electron chi connectivity index (χ2n) is 12.0. The number of aliphatic hydroxyl groups excluding tert-OH is 1. The highest BCUT2D eigenvalue weighted by molar-refractivity contribution is 6.17. The van der Waals surface area contributed by atoms with Crippen LogP contribution in [0.25, 0.3) is 6.08 Å². The van der Waals surface area contributed by atoms with Crippen LogP contribution in [0.15, 0.2) is 47.1 Å². The van der Waals surface area contributed by atoms with Crippen LogP contribution >= 0.6 is 0 Å². The fraction of sp³-hybridized carbons (Fsp3) is 0.438. The number of carbonyl (C=O) groups is 1. The number of benzene rings is 1. The molecule has 0 bridgehead atoms. The first-order valence-corrected chi connectivity index (χ1v) is 14.9. The number of nitrogens with two attached hydrogens (primary N) is 1. The third-order valence-electron chi connectivity index (χ3n) is 7.31. The van der Waals surface area contributed by atoms with E-state index in [1.807, 2.05) is 26.8 Å². The molecular weight excluding hydrogens is 544 g/mol. The van der Waals surface area contributed by atoms with Crippen LogP contribution < -0.4 is 27.0 Å². The van der Waals surface area contributed by atoms with Crippen LogP contribution in [-0.2, 0) is 5.41 Å². The molecular formula is C32H44N8O3. The SMILES string of the molecule is C[C@@H]1CCNc2c(cnc(N)c2C(=N)c2ccc(NC(=O)Nc3cc(C(C)(C)C)on3)cc2)/C=C/CCCCCC(O)N1. The maximum Gasteiger partial charge on any atom is 0.324 e. The van der Waals surface area contributed by atoms with Crippen molar-refractivity contribution in [2.45, 2.75) is 83.9 Å². The van der Waals surface area contributed by atoms with Crippen molar-refractivity contribution in [1.29, 1.82) is 5.41 Å². The summed E-state index contributed by atoms with van der Waals surface area (Å²) in [6.45, 7) is 8.67. The number of nitrogens with zero attached hydrogens (tertiary/aromatic N) is 2. The topological polar surface area (TPSA) is 174 Å². The summed E-state index contributed by atoms with van der Waals surface area (Å²) < 4.78 is 5.32. The Morgan fingerprint density at radius 2 is 1.91 bits per heavy atom. The van der Waals surface area contributed by atoms with Crippen LogP contribution in [0.1, 0.15) is 88.7 Å². The van der Waals surface area contributed by atoms with Crippen molar-refractivity contribution in [3.8, 4) is 0 Å². The number of hydrogen-bond acceptors (Lipinski definition) is 9. The quantitative estimate of drug-likeness (QED) is 0.179. The largest absolute Gasteiger partial charge is 0.384 e. The van der Waals surface area contributed by atoms with E-state index in [9.17, 15) is 9.90 Å². The van der Waals surface area contributed by atoms with Gasteiger partial charge in [-0.25, -0.2) is 9.78 Å². The fourth-order valence-electron chi connectivity index (χ4n) is 4.84. The van der Waals surface area contributed by atoms with Gasteiger partial charge >= 0.3 is 6.03 Å². The number of allylic oxidation sites excluding steroid dienone is 1. The molecule has 2 aromatic heterocycles. The van der Waals surface area contributed by atoms with E-state index in [-0.39, 0.29) is 23.0 Å². The van der Waals surface area contributed by atoms with Gasteiger partial charge < -0.3 is 26.0 Å². The monoisotopic (exact) mass is 588 g/mol. The Hall–Kier alpha value is -4.22. The predicted octanol–water partition coefficient (Wildman–Crippen LogP) is 6.09. The molecule has 3 heterocycles. The molecule has 1 aliphatic heterocycles. The van der Waals surface area contributed by atoms with Crippen molar-refractivity contribution in [3.05, 3.63) is 65.1 Å². The van der Waals surface area contributed by atoms with Gasteiger partial charge in [0.05, 0.1) is 17.0 Å². The second-order valence-corrected chi connectivity index (χ2v) is 12.0. The number of fused-ring (bicyclic) bond motifs is 1. The highest BCUT2D eigenvalue weighted by Gasteiger charge is 2.21. The molecule has 0 spiro atoms. The van der Waals surface area contributed by atoms with Gasteiger partial charge in [-0.1, -0.05) is 56.6 Å². The first-order valence-electron chi connectivity index (χ1n) is 14.9. The van der Waals surface area contributed by atoms with Gasteiger partial charge in [0.2, 0.25) is 0 Å². The van der Waals surface area contributed by atoms with Crippen molar-refractivity contribution in [3.63, 3.8) is 0 Å². The molecule has 8 N–H and O–H groups in total. The van der Waals surface area contributed by atoms with Crippen LogP contribution in [-0.4, -0.2) is 45.8 Å².